The van der Waals surface area contributed by atoms with Crippen molar-refractivity contribution in [3.8, 4) is 0 Å². The number of methoxy groups -OCH3 is 1. The number of nitrogens with two attached hydrogens (primary N) is 1. The summed E-state index contributed by atoms with van der Waals surface area (Å²) in [5.74, 6) is -0.0114. The lowest BCUT2D eigenvalue weighted by atomic mass is 9.58. The molecule has 0 bridgehead atoms. The topological polar surface area (TPSA) is 64.4 Å². The third-order valence-electron chi connectivity index (χ3n) is 4.64. The molecule has 0 radical (unpaired) electrons. The van der Waals surface area contributed by atoms with Crippen LogP contribution >= 0.6 is 0 Å². The Labute approximate surface area is 111 Å². The van der Waals surface area contributed by atoms with Crippen molar-refractivity contribution in [2.24, 2.45) is 11.1 Å². The molecule has 0 aromatic rings. The van der Waals surface area contributed by atoms with E-state index in [0.717, 1.165) is 32.1 Å². The van der Waals surface area contributed by atoms with Crippen LogP contribution in [0.3, 0.4) is 0 Å². The monoisotopic (exact) mass is 256 g/mol. The number of hydrogen-bond acceptors (Lipinski definition) is 3. The molecule has 3 N–H and O–H groups in total. The molecule has 4 heteroatoms. The van der Waals surface area contributed by atoms with Crippen LogP contribution in [0.2, 0.25) is 0 Å². The second kappa shape index (κ2) is 6.53. The lowest BCUT2D eigenvalue weighted by Crippen LogP contribution is -2.65. The normalized spacial score (nSPS) is 27.4. The average molecular weight is 256 g/mol. The van der Waals surface area contributed by atoms with Gasteiger partial charge in [-0.1, -0.05) is 27.2 Å². The number of nitrogens with one attached hydrogen (secondary N) is 1. The third-order valence-corrected chi connectivity index (χ3v) is 4.64. The predicted molar refractivity (Wildman–Crippen MR) is 73.2 cm³/mol. The van der Waals surface area contributed by atoms with Gasteiger partial charge in [0.05, 0.1) is 12.1 Å². The average Bonchev–Trinajstić information content (AvgIpc) is 2.35. The second-order valence-electron chi connectivity index (χ2n) is 5.36. The van der Waals surface area contributed by atoms with Gasteiger partial charge in [-0.15, -0.1) is 0 Å². The van der Waals surface area contributed by atoms with Gasteiger partial charge in [-0.3, -0.25) is 4.79 Å². The van der Waals surface area contributed by atoms with Crippen molar-refractivity contribution in [2.75, 3.05) is 7.11 Å². The van der Waals surface area contributed by atoms with E-state index in [1.807, 2.05) is 6.92 Å². The Balaban J connectivity index is 2.60. The molecule has 3 atom stereocenters. The van der Waals surface area contributed by atoms with E-state index in [1.54, 1.807) is 7.11 Å². The maximum absolute atomic E-state index is 12.0. The maximum Gasteiger partial charge on any atom is 0.237 e. The zero-order chi connectivity index (χ0) is 13.8. The highest BCUT2D eigenvalue weighted by Gasteiger charge is 2.53. The molecular weight excluding hydrogens is 228 g/mol. The van der Waals surface area contributed by atoms with Crippen molar-refractivity contribution in [2.45, 2.75) is 71.1 Å². The maximum atomic E-state index is 12.0. The molecule has 1 aliphatic rings. The molecule has 18 heavy (non-hydrogen) atoms. The molecule has 1 rings (SSSR count). The fourth-order valence-corrected chi connectivity index (χ4v) is 3.20. The molecule has 106 valence electrons. The van der Waals surface area contributed by atoms with E-state index in [2.05, 4.69) is 19.2 Å². The second-order valence-corrected chi connectivity index (χ2v) is 5.36. The zero-order valence-corrected chi connectivity index (χ0v) is 12.2. The van der Waals surface area contributed by atoms with E-state index < -0.39 is 0 Å². The summed E-state index contributed by atoms with van der Waals surface area (Å²) in [6.45, 7) is 6.37. The summed E-state index contributed by atoms with van der Waals surface area (Å²) in [6.07, 6.45) is 4.90. The molecule has 1 fully saturated rings. The van der Waals surface area contributed by atoms with Gasteiger partial charge in [0, 0.05) is 18.6 Å². The summed E-state index contributed by atoms with van der Waals surface area (Å²) in [5, 5.41) is 3.11. The summed E-state index contributed by atoms with van der Waals surface area (Å²) < 4.78 is 5.52. The third kappa shape index (κ3) is 2.69. The fourth-order valence-electron chi connectivity index (χ4n) is 3.20. The van der Waals surface area contributed by atoms with Crippen LogP contribution in [0.25, 0.3) is 0 Å². The van der Waals surface area contributed by atoms with Gasteiger partial charge in [-0.05, 0) is 25.7 Å². The Kier molecular flexibility index (Phi) is 5.60. The lowest BCUT2D eigenvalue weighted by molar-refractivity contribution is -0.142. The van der Waals surface area contributed by atoms with Crippen LogP contribution in [0, 0.1) is 5.41 Å². The highest BCUT2D eigenvalue weighted by molar-refractivity contribution is 5.81. The minimum atomic E-state index is -0.372. The van der Waals surface area contributed by atoms with Crippen LogP contribution in [0.5, 0.6) is 0 Å². The van der Waals surface area contributed by atoms with Crippen LogP contribution in [0.15, 0.2) is 0 Å². The molecule has 0 spiro atoms. The van der Waals surface area contributed by atoms with Crippen LogP contribution < -0.4 is 11.1 Å². The van der Waals surface area contributed by atoms with Crippen molar-refractivity contribution in [1.82, 2.24) is 5.32 Å². The fraction of sp³-hybridized carbons (Fsp3) is 0.929. The minimum Gasteiger partial charge on any atom is -0.381 e. The van der Waals surface area contributed by atoms with Crippen LogP contribution in [0.1, 0.15) is 52.9 Å². The summed E-state index contributed by atoms with van der Waals surface area (Å²) in [5.41, 5.74) is 5.94. The highest BCUT2D eigenvalue weighted by Crippen LogP contribution is 2.48. The predicted octanol–water partition coefficient (Wildman–Crippen LogP) is 1.82. The number of hydrogen-bond donors (Lipinski definition) is 2. The van der Waals surface area contributed by atoms with Crippen LogP contribution in [-0.2, 0) is 9.53 Å². The Morgan fingerprint density at radius 3 is 2.50 bits per heavy atom. The Bertz CT molecular complexity index is 277. The van der Waals surface area contributed by atoms with Gasteiger partial charge in [-0.25, -0.2) is 0 Å². The number of amides is 1. The van der Waals surface area contributed by atoms with Crippen molar-refractivity contribution in [1.29, 1.82) is 0 Å². The summed E-state index contributed by atoms with van der Waals surface area (Å²) in [7, 11) is 1.76. The van der Waals surface area contributed by atoms with E-state index in [9.17, 15) is 4.79 Å². The van der Waals surface area contributed by atoms with Crippen molar-refractivity contribution in [3.63, 3.8) is 0 Å². The summed E-state index contributed by atoms with van der Waals surface area (Å²) >= 11 is 0. The largest absolute Gasteiger partial charge is 0.381 e. The molecule has 1 aliphatic carbocycles. The number of carbonyl (C=O) groups excluding carboxylic acids is 1. The van der Waals surface area contributed by atoms with E-state index in [-0.39, 0.29) is 29.5 Å². The van der Waals surface area contributed by atoms with E-state index in [4.69, 9.17) is 10.5 Å². The smallest absolute Gasteiger partial charge is 0.237 e. The number of carbonyl (C=O) groups is 1. The quantitative estimate of drug-likeness (QED) is 0.730. The summed E-state index contributed by atoms with van der Waals surface area (Å²) in [4.78, 5) is 12.0. The standard InChI is InChI=1S/C14H28N2O2/c1-5-8-10(15)13(17)16-11-9-12(18-4)14(11,6-2)7-3/h10-12H,5-9,15H2,1-4H3,(H,16,17). The van der Waals surface area contributed by atoms with Crippen molar-refractivity contribution >= 4 is 5.91 Å². The SMILES string of the molecule is CCCC(N)C(=O)NC1CC(OC)C1(CC)CC. The van der Waals surface area contributed by atoms with Crippen LogP contribution in [0.4, 0.5) is 0 Å². The highest BCUT2D eigenvalue weighted by atomic mass is 16.5. The molecular formula is C14H28N2O2. The van der Waals surface area contributed by atoms with Gasteiger partial charge in [0.15, 0.2) is 0 Å². The minimum absolute atomic E-state index is 0.0114. The molecule has 1 saturated carbocycles. The molecule has 3 unspecified atom stereocenters. The molecule has 4 nitrogen and oxygen atoms in total. The Morgan fingerprint density at radius 2 is 2.06 bits per heavy atom. The van der Waals surface area contributed by atoms with Gasteiger partial charge >= 0.3 is 0 Å². The Hall–Kier alpha value is -0.610. The molecule has 0 aromatic carbocycles. The molecule has 0 aliphatic heterocycles. The molecule has 0 saturated heterocycles. The van der Waals surface area contributed by atoms with Gasteiger partial charge in [0.25, 0.3) is 0 Å². The Morgan fingerprint density at radius 1 is 1.44 bits per heavy atom. The van der Waals surface area contributed by atoms with E-state index in [0.29, 0.717) is 0 Å². The zero-order valence-electron chi connectivity index (χ0n) is 12.2. The van der Waals surface area contributed by atoms with Crippen molar-refractivity contribution in [3.05, 3.63) is 0 Å². The van der Waals surface area contributed by atoms with Gasteiger partial charge in [0.2, 0.25) is 5.91 Å². The molecule has 1 amide bonds. The molecule has 0 heterocycles. The number of rotatable bonds is 7. The number of ether oxygens (including phenoxy) is 1. The van der Waals surface area contributed by atoms with Crippen LogP contribution in [-0.4, -0.2) is 31.2 Å². The van der Waals surface area contributed by atoms with E-state index in [1.165, 1.54) is 0 Å². The first kappa shape index (κ1) is 15.4. The molecule has 0 aromatic heterocycles. The first-order valence-electron chi connectivity index (χ1n) is 7.14. The summed E-state index contributed by atoms with van der Waals surface area (Å²) in [6, 6.07) is -0.157. The van der Waals surface area contributed by atoms with Gasteiger partial charge in [-0.2, -0.15) is 0 Å². The van der Waals surface area contributed by atoms with E-state index >= 15 is 0 Å². The first-order chi connectivity index (χ1) is 8.55. The van der Waals surface area contributed by atoms with Crippen molar-refractivity contribution < 1.29 is 9.53 Å². The first-order valence-corrected chi connectivity index (χ1v) is 7.14. The lowest BCUT2D eigenvalue weighted by Gasteiger charge is -2.55. The van der Waals surface area contributed by atoms with Gasteiger partial charge < -0.3 is 15.8 Å². The van der Waals surface area contributed by atoms with Gasteiger partial charge in [0.1, 0.15) is 0 Å².